The molecular formula is C86H82Cl3N25O12. The number of fused-ring (bicyclic) bond motifs is 4. The molecule has 4 aliphatic rings. The Morgan fingerprint density at radius 1 is 0.437 bits per heavy atom. The molecule has 644 valence electrons. The number of benzene rings is 7. The highest BCUT2D eigenvalue weighted by Crippen LogP contribution is 2.40. The fourth-order valence-corrected chi connectivity index (χ4v) is 13.7. The molecule has 0 spiro atoms. The maximum atomic E-state index is 13.4. The second kappa shape index (κ2) is 39.8. The van der Waals surface area contributed by atoms with Gasteiger partial charge >= 0.3 is 36.2 Å². The molecule has 12 amide bonds. The van der Waals surface area contributed by atoms with Crippen molar-refractivity contribution in [3.8, 4) is 29.3 Å². The first-order chi connectivity index (χ1) is 60.4. The topological polar surface area (TPSA) is 434 Å². The normalized spacial score (nSPS) is 12.8. The summed E-state index contributed by atoms with van der Waals surface area (Å²) in [6, 6.07) is 43.8. The maximum absolute atomic E-state index is 13.4. The van der Waals surface area contributed by atoms with E-state index in [1.54, 1.807) is 185 Å². The van der Waals surface area contributed by atoms with Crippen LogP contribution in [0.4, 0.5) is 121 Å². The van der Waals surface area contributed by atoms with E-state index in [9.17, 15) is 38.9 Å². The van der Waals surface area contributed by atoms with E-state index in [4.69, 9.17) is 60.0 Å². The molecule has 9 heterocycles. The van der Waals surface area contributed by atoms with Crippen LogP contribution in [-0.2, 0) is 26.2 Å². The minimum absolute atomic E-state index is 0.0587. The van der Waals surface area contributed by atoms with E-state index in [0.717, 1.165) is 56.0 Å². The van der Waals surface area contributed by atoms with E-state index < -0.39 is 17.0 Å². The Hall–Kier alpha value is -15.8. The summed E-state index contributed by atoms with van der Waals surface area (Å²) < 4.78 is 20.1. The number of nitrogens with zero attached hydrogens (tertiary/aromatic N) is 19. The van der Waals surface area contributed by atoms with Gasteiger partial charge in [-0.25, -0.2) is 48.7 Å². The van der Waals surface area contributed by atoms with E-state index in [0.29, 0.717) is 110 Å². The van der Waals surface area contributed by atoms with Gasteiger partial charge < -0.3 is 51.3 Å². The number of nitro benzene ring substituents is 1. The highest BCUT2D eigenvalue weighted by atomic mass is 35.5. The summed E-state index contributed by atoms with van der Waals surface area (Å²) in [7, 11) is 11.2. The van der Waals surface area contributed by atoms with Gasteiger partial charge in [0.25, 0.3) is 11.9 Å². The average Bonchev–Trinajstić information content (AvgIpc) is 0.786. The number of amides is 12. The summed E-state index contributed by atoms with van der Waals surface area (Å²) in [6.07, 6.45) is 9.79. The molecule has 0 bridgehead atoms. The molecule has 0 atom stereocenters. The van der Waals surface area contributed by atoms with Crippen LogP contribution < -0.4 is 90.5 Å². The summed E-state index contributed by atoms with van der Waals surface area (Å²) in [5.41, 5.74) is 19.4. The lowest BCUT2D eigenvalue weighted by Crippen LogP contribution is -2.46. The molecule has 40 heteroatoms. The van der Waals surface area contributed by atoms with E-state index in [1.165, 1.54) is 50.9 Å². The number of aryl methyl sites for hydroxylation is 5. The largest absolute Gasteiger partial charge is 0.495 e. The van der Waals surface area contributed by atoms with Crippen LogP contribution in [-0.4, -0.2) is 135 Å². The highest BCUT2D eigenvalue weighted by Gasteiger charge is 2.37. The van der Waals surface area contributed by atoms with Crippen LogP contribution in [0.5, 0.6) is 23.0 Å². The Morgan fingerprint density at radius 2 is 0.794 bits per heavy atom. The number of nitriles is 1. The number of carbonyl (C=O) groups excluding carboxylic acids is 6. The van der Waals surface area contributed by atoms with Crippen molar-refractivity contribution in [2.75, 3.05) is 121 Å². The molecule has 0 saturated heterocycles. The van der Waals surface area contributed by atoms with Crippen molar-refractivity contribution >= 4 is 163 Å². The Bertz CT molecular complexity index is 6210. The quantitative estimate of drug-likeness (QED) is 0.0182. The molecule has 0 fully saturated rings. The zero-order chi connectivity index (χ0) is 90.3. The minimum Gasteiger partial charge on any atom is -0.495 e. The highest BCUT2D eigenvalue weighted by molar-refractivity contribution is 6.29. The molecule has 7 N–H and O–H groups in total. The van der Waals surface area contributed by atoms with Crippen LogP contribution in [0.15, 0.2) is 189 Å². The molecule has 16 rings (SSSR count). The van der Waals surface area contributed by atoms with Gasteiger partial charge in [0.2, 0.25) is 21.8 Å². The maximum Gasteiger partial charge on any atom is 0.330 e. The van der Waals surface area contributed by atoms with Crippen molar-refractivity contribution in [2.24, 2.45) is 0 Å². The Morgan fingerprint density at radius 3 is 1.19 bits per heavy atom. The first-order valence-electron chi connectivity index (χ1n) is 38.2. The number of aromatic nitrogens is 9. The zero-order valence-electron chi connectivity index (χ0n) is 69.8. The molecule has 0 saturated carbocycles. The molecule has 0 aliphatic carbocycles. The number of ether oxygens (including phenoxy) is 4. The summed E-state index contributed by atoms with van der Waals surface area (Å²) in [4.78, 5) is 137. The minimum atomic E-state index is -0.488. The van der Waals surface area contributed by atoms with Crippen LogP contribution in [0, 0.1) is 56.3 Å². The van der Waals surface area contributed by atoms with E-state index >= 15 is 0 Å². The lowest BCUT2D eigenvalue weighted by atomic mass is 10.1. The number of anilines is 15. The van der Waals surface area contributed by atoms with Crippen LogP contribution in [0.25, 0.3) is 0 Å². The van der Waals surface area contributed by atoms with Crippen LogP contribution in [0.1, 0.15) is 50.2 Å². The summed E-state index contributed by atoms with van der Waals surface area (Å²) in [5.74, 6) is 4.46. The van der Waals surface area contributed by atoms with Gasteiger partial charge in [-0.2, -0.15) is 19.9 Å². The van der Waals surface area contributed by atoms with Gasteiger partial charge in [-0.05, 0) is 177 Å². The van der Waals surface area contributed by atoms with Crippen LogP contribution in [0.3, 0.4) is 0 Å². The van der Waals surface area contributed by atoms with Gasteiger partial charge in [0.15, 0.2) is 11.5 Å². The number of hydrogen-bond donors (Lipinski definition) is 6. The molecular weight excluding hydrogens is 1680 g/mol. The van der Waals surface area contributed by atoms with Gasteiger partial charge in [0, 0.05) is 110 Å². The lowest BCUT2D eigenvalue weighted by Gasteiger charge is -2.35. The average molecular weight is 1760 g/mol. The van der Waals surface area contributed by atoms with Crippen LogP contribution in [0.2, 0.25) is 15.9 Å². The number of carbonyl (C=O) groups is 6. The fraction of sp³-hybridized carbons (Fsp3) is 0.186. The van der Waals surface area contributed by atoms with Crippen molar-refractivity contribution in [3.63, 3.8) is 0 Å². The van der Waals surface area contributed by atoms with Crippen molar-refractivity contribution < 1.29 is 52.6 Å². The zero-order valence-corrected chi connectivity index (χ0v) is 72.1. The van der Waals surface area contributed by atoms with E-state index in [-0.39, 0.29) is 65.3 Å². The number of methoxy groups -OCH3 is 3. The summed E-state index contributed by atoms with van der Waals surface area (Å²) in [5, 5.41) is 33.8. The van der Waals surface area contributed by atoms with Crippen molar-refractivity contribution in [3.05, 3.63) is 265 Å². The molecule has 7 aromatic carbocycles. The number of nitrogens with two attached hydrogens (primary N) is 1. The van der Waals surface area contributed by atoms with Crippen LogP contribution >= 0.6 is 34.8 Å². The molecule has 37 nitrogen and oxygen atoms in total. The molecule has 12 aromatic rings. The lowest BCUT2D eigenvalue weighted by molar-refractivity contribution is -0.384. The summed E-state index contributed by atoms with van der Waals surface area (Å²) >= 11 is 17.5. The van der Waals surface area contributed by atoms with Crippen molar-refractivity contribution in [2.45, 2.75) is 60.8 Å². The van der Waals surface area contributed by atoms with Gasteiger partial charge in [0.05, 0.1) is 98.4 Å². The molecule has 4 aliphatic heterocycles. The third-order valence-corrected chi connectivity index (χ3v) is 20.3. The number of hydrogen-bond acceptors (Lipinski definition) is 24. The Balaban J connectivity index is 0.000000150. The SMILES string of the molecule is COc1ccccc1NC(=O)Nc1ccc(C)c(N2Cc3cnc(Cl)nc3N(C)C2=O)c1.COc1ccccc1NC(=O)Nc1ccc(C)c(N2Cc3cnc(Nc4ccc(C)nc4)nc3N(C)C2=O)c1.COc1ccccc1OC#N.Cc1ccc(N)cc1N1Cc2cnc(Cl)nc2N(C)C1=O.Cc1ccc([N+](=O)[O-])cc1N1Cc2cnc(Cl)nc2N(C)C1=O. The number of nitro groups is 1. The monoisotopic (exact) mass is 1760 g/mol. The molecule has 5 aromatic heterocycles. The number of non-ortho nitro benzene ring substituents is 1. The van der Waals surface area contributed by atoms with E-state index in [2.05, 4.69) is 76.2 Å². The molecule has 126 heavy (non-hydrogen) atoms. The summed E-state index contributed by atoms with van der Waals surface area (Å²) in [6.45, 7) is 10.6. The van der Waals surface area contributed by atoms with Crippen molar-refractivity contribution in [1.29, 1.82) is 5.26 Å². The second-order valence-electron chi connectivity index (χ2n) is 28.2. The third-order valence-electron chi connectivity index (χ3n) is 19.8. The molecule has 0 unspecified atom stereocenters. The molecule has 0 radical (unpaired) electrons. The van der Waals surface area contributed by atoms with E-state index in [1.807, 2.05) is 82.3 Å². The number of nitrogens with one attached hydrogen (secondary N) is 5. The smallest absolute Gasteiger partial charge is 0.330 e. The van der Waals surface area contributed by atoms with Gasteiger partial charge in [0.1, 0.15) is 34.8 Å². The van der Waals surface area contributed by atoms with Gasteiger partial charge in [-0.15, -0.1) is 5.26 Å². The number of rotatable bonds is 15. The first kappa shape index (κ1) is 89.4. The first-order valence-corrected chi connectivity index (χ1v) is 39.3. The predicted octanol–water partition coefficient (Wildman–Crippen LogP) is 17.2. The fourth-order valence-electron chi connectivity index (χ4n) is 13.4. The Kier molecular flexibility index (Phi) is 28.3. The predicted molar refractivity (Wildman–Crippen MR) is 482 cm³/mol. The number of para-hydroxylation sites is 6. The number of halogens is 3. The van der Waals surface area contributed by atoms with Crippen molar-refractivity contribution in [1.82, 2.24) is 44.9 Å². The number of nitrogen functional groups attached to an aromatic ring is 1. The second-order valence-corrected chi connectivity index (χ2v) is 29.2. The number of pyridine rings is 1. The Labute approximate surface area is 737 Å². The van der Waals surface area contributed by atoms with Gasteiger partial charge in [-0.3, -0.25) is 54.3 Å². The number of urea groups is 6. The third kappa shape index (κ3) is 20.8. The van der Waals surface area contributed by atoms with Gasteiger partial charge in [-0.1, -0.05) is 60.7 Å². The standard InChI is InChI=1S/C28H28N8O3.C22H21ClN6O3.C14H12ClN5O3.C14H14ClN5O.C8H7NO2/c1-17-9-11-20(32-27(37)33-22-7-5-6-8-24(22)39-4)13-23(17)36-16-19-14-30-26(34-25(19)35(3)28(36)38)31-21-12-10-18(2)29-15-21;1-13-8-9-15(25-21(30)26-16-6-4-5-7-18(16)32-3)10-17(13)29-12-14-11-24-20(23)27-19(14)28(2)22(29)31;1-8-3-4-10(20(22)23)5-11(8)19-7-9-6-16-13(15)17-12(9)18(2)14(19)21;1-8-3-4-10(16)5-11(8)20-7-9-6-17-13(15)18-12(9)19(2)14(20)21;1-10-7-4-2-3-5-8(7)11-6-9/h5-15H,16H2,1-4H3,(H,30,31,34)(H2,32,33,37);4-11H,12H2,1-3H3,(H2,25,26,30);3-6H,7H2,1-2H3;3-6H,7,16H2,1-2H3;2-5H,1H3.